The normalized spacial score (nSPS) is 17.5. The van der Waals surface area contributed by atoms with Gasteiger partial charge < -0.3 is 38.6 Å². The lowest BCUT2D eigenvalue weighted by molar-refractivity contribution is -0.151. The molecule has 0 aliphatic carbocycles. The first-order valence-electron chi connectivity index (χ1n) is 19.6. The third-order valence-corrected chi connectivity index (χ3v) is 10.2. The summed E-state index contributed by atoms with van der Waals surface area (Å²) >= 11 is 0. The minimum atomic E-state index is -3.63. The Hall–Kier alpha value is -7.37. The van der Waals surface area contributed by atoms with Gasteiger partial charge in [0.15, 0.2) is 0 Å². The van der Waals surface area contributed by atoms with E-state index in [0.29, 0.717) is 59.8 Å². The molecule has 5 amide bonds. The van der Waals surface area contributed by atoms with Crippen molar-refractivity contribution in [3.8, 4) is 0 Å². The molecular formula is C41H44N8O14S. The van der Waals surface area contributed by atoms with Gasteiger partial charge in [0.05, 0.1) is 56.2 Å². The summed E-state index contributed by atoms with van der Waals surface area (Å²) in [6.07, 6.45) is 3.96. The molecule has 0 radical (unpaired) electrons. The summed E-state index contributed by atoms with van der Waals surface area (Å²) in [5.41, 5.74) is 2.61. The van der Waals surface area contributed by atoms with E-state index in [0.717, 1.165) is 6.26 Å². The quantitative estimate of drug-likeness (QED) is 0.0465. The number of rotatable bonds is 14. The first-order chi connectivity index (χ1) is 30.6. The number of carbonyl (C=O) groups is 6. The molecule has 0 saturated carbocycles. The molecule has 3 aliphatic rings. The van der Waals surface area contributed by atoms with Crippen LogP contribution in [0.1, 0.15) is 38.8 Å². The summed E-state index contributed by atoms with van der Waals surface area (Å²) in [6, 6.07) is 15.9. The van der Waals surface area contributed by atoms with E-state index in [2.05, 4.69) is 14.8 Å². The predicted molar refractivity (Wildman–Crippen MR) is 225 cm³/mol. The topological polar surface area (TPSA) is 284 Å². The van der Waals surface area contributed by atoms with Crippen LogP contribution < -0.4 is 20.4 Å². The van der Waals surface area contributed by atoms with E-state index in [1.807, 2.05) is 4.90 Å². The number of esters is 1. The van der Waals surface area contributed by atoms with Gasteiger partial charge in [-0.25, -0.2) is 9.59 Å². The van der Waals surface area contributed by atoms with Crippen molar-refractivity contribution in [1.29, 1.82) is 10.8 Å². The van der Waals surface area contributed by atoms with Crippen LogP contribution in [-0.2, 0) is 38.1 Å². The number of ether oxygens (including phenoxy) is 3. The monoisotopic (exact) mass is 904 g/mol. The number of carbonyl (C=O) groups excluding carboxylic acids is 6. The van der Waals surface area contributed by atoms with E-state index in [1.54, 1.807) is 55.5 Å². The zero-order valence-electron chi connectivity index (χ0n) is 34.5. The van der Waals surface area contributed by atoms with Gasteiger partial charge in [-0.05, 0) is 67.6 Å². The van der Waals surface area contributed by atoms with E-state index in [9.17, 15) is 37.2 Å². The molecule has 2 aromatic carbocycles. The van der Waals surface area contributed by atoms with Gasteiger partial charge in [-0.3, -0.25) is 48.9 Å². The molecule has 23 heteroatoms. The van der Waals surface area contributed by atoms with Gasteiger partial charge in [-0.15, -0.1) is 0 Å². The summed E-state index contributed by atoms with van der Waals surface area (Å²) in [7, 11) is -3.63. The number of hydrogen-bond donors (Lipinski definition) is 4. The zero-order valence-corrected chi connectivity index (χ0v) is 35.3. The number of amides is 5. The number of amidine groups is 2. The second-order valence-corrected chi connectivity index (χ2v) is 16.0. The molecule has 22 nitrogen and oxygen atoms in total. The molecule has 2 atom stereocenters. The molecule has 3 saturated heterocycles. The van der Waals surface area contributed by atoms with Crippen LogP contribution in [0.25, 0.3) is 0 Å². The van der Waals surface area contributed by atoms with Crippen molar-refractivity contribution in [3.63, 3.8) is 0 Å². The highest BCUT2D eigenvalue weighted by Gasteiger charge is 2.36. The highest BCUT2D eigenvalue weighted by Crippen LogP contribution is 2.24. The van der Waals surface area contributed by atoms with Crippen LogP contribution in [0.2, 0.25) is 0 Å². The van der Waals surface area contributed by atoms with Crippen molar-refractivity contribution in [2.75, 3.05) is 75.1 Å². The Kier molecular flexibility index (Phi) is 14.9. The molecule has 2 aromatic heterocycles. The highest BCUT2D eigenvalue weighted by molar-refractivity contribution is 7.86. The largest absolute Gasteiger partial charge is 0.472 e. The fraction of sp³-hybridized carbons (Fsp3) is 0.317. The number of hydrogen-bond acceptors (Lipinski definition) is 17. The van der Waals surface area contributed by atoms with Gasteiger partial charge in [0.2, 0.25) is 5.91 Å². The molecule has 3 fully saturated rings. The molecular weight excluding hydrogens is 861 g/mol. The average Bonchev–Trinajstić information content (AvgIpc) is 4.10. The minimum absolute atomic E-state index is 0.0623. The summed E-state index contributed by atoms with van der Waals surface area (Å²) in [5, 5.41) is 21.0. The molecule has 0 bridgehead atoms. The number of furan rings is 2. The third kappa shape index (κ3) is 12.4. The van der Waals surface area contributed by atoms with Crippen molar-refractivity contribution in [2.24, 2.45) is 0 Å². The van der Waals surface area contributed by atoms with E-state index < -0.39 is 52.3 Å². The summed E-state index contributed by atoms with van der Waals surface area (Å²) in [6.45, 7) is 3.58. The molecule has 4 aromatic rings. The number of piperazine rings is 1. The molecule has 7 rings (SSSR count). The van der Waals surface area contributed by atoms with Crippen LogP contribution in [0.3, 0.4) is 0 Å². The SMILES string of the molecule is CCOC(=O)CN1CCN(CC2CN(c3ccc(C(=N)NC(=O)c4ccoc4)cc3)C(=O)O2)CC1=O.CS(=O)(=O)OCC1CN(c2ccc(C(=N)NC(=O)c3ccoc3)cc2)C(=O)O1. The minimum Gasteiger partial charge on any atom is -0.472 e. The maximum absolute atomic E-state index is 12.5. The predicted octanol–water partition coefficient (Wildman–Crippen LogP) is 2.40. The van der Waals surface area contributed by atoms with E-state index in [-0.39, 0.29) is 50.4 Å². The standard InChI is InChI=1S/C24H27N5O7.C17H17N3O7S/c1-2-35-21(31)14-28-9-8-27(13-20(28)30)11-19-12-29(24(33)36-19)18-5-3-16(4-6-18)22(25)26-23(32)17-7-10-34-15-17;1-28(23,24)26-10-14-8-20(17(22)27-14)13-4-2-11(3-5-13)15(18)19-16(21)12-6-7-25-9-12/h3-7,10,15,19H,2,8-9,11-14H2,1H3,(H2,25,26,32);2-7,9,14H,8,10H2,1H3,(H2,18,19,21). The Morgan fingerprint density at radius 2 is 1.23 bits per heavy atom. The van der Waals surface area contributed by atoms with Crippen molar-refractivity contribution in [2.45, 2.75) is 19.1 Å². The smallest absolute Gasteiger partial charge is 0.414 e. The van der Waals surface area contributed by atoms with Crippen molar-refractivity contribution >= 4 is 69.0 Å². The van der Waals surface area contributed by atoms with Gasteiger partial charge in [0.25, 0.3) is 21.9 Å². The van der Waals surface area contributed by atoms with E-state index in [1.165, 1.54) is 51.9 Å². The number of nitrogens with one attached hydrogen (secondary N) is 4. The number of nitrogens with zero attached hydrogens (tertiary/aromatic N) is 4. The lowest BCUT2D eigenvalue weighted by Gasteiger charge is -2.34. The van der Waals surface area contributed by atoms with Crippen LogP contribution in [-0.4, -0.2) is 143 Å². The lowest BCUT2D eigenvalue weighted by Crippen LogP contribution is -2.53. The Balaban J connectivity index is 0.000000219. The number of anilines is 2. The Morgan fingerprint density at radius 1 is 0.734 bits per heavy atom. The third-order valence-electron chi connectivity index (χ3n) is 9.68. The molecule has 338 valence electrons. The lowest BCUT2D eigenvalue weighted by atomic mass is 10.1. The van der Waals surface area contributed by atoms with Gasteiger partial charge in [-0.1, -0.05) is 0 Å². The first kappa shape index (κ1) is 46.1. The second kappa shape index (κ2) is 20.7. The maximum Gasteiger partial charge on any atom is 0.414 e. The number of cyclic esters (lactones) is 2. The van der Waals surface area contributed by atoms with Gasteiger partial charge >= 0.3 is 18.2 Å². The maximum atomic E-state index is 12.5. The molecule has 64 heavy (non-hydrogen) atoms. The van der Waals surface area contributed by atoms with Gasteiger partial charge in [-0.2, -0.15) is 8.42 Å². The Morgan fingerprint density at radius 3 is 1.69 bits per heavy atom. The Bertz CT molecular complexity index is 2460. The van der Waals surface area contributed by atoms with Crippen molar-refractivity contribution in [3.05, 3.63) is 108 Å². The molecule has 0 spiro atoms. The van der Waals surface area contributed by atoms with Gasteiger partial charge in [0.1, 0.15) is 49.6 Å². The van der Waals surface area contributed by atoms with Crippen molar-refractivity contribution < 1.29 is 64.4 Å². The summed E-state index contributed by atoms with van der Waals surface area (Å²) in [5.74, 6) is -1.72. The molecule has 2 unspecified atom stereocenters. The first-order valence-corrected chi connectivity index (χ1v) is 21.4. The fourth-order valence-electron chi connectivity index (χ4n) is 6.50. The van der Waals surface area contributed by atoms with E-state index in [4.69, 9.17) is 33.9 Å². The fourth-order valence-corrected chi connectivity index (χ4v) is 6.89. The zero-order chi connectivity index (χ0) is 46.0. The Labute approximate surface area is 366 Å². The van der Waals surface area contributed by atoms with Crippen LogP contribution in [0.4, 0.5) is 21.0 Å². The van der Waals surface area contributed by atoms with Crippen LogP contribution in [0.15, 0.2) is 94.6 Å². The second-order valence-electron chi connectivity index (χ2n) is 14.4. The van der Waals surface area contributed by atoms with E-state index >= 15 is 0 Å². The molecule has 3 aliphatic heterocycles. The molecule has 4 N–H and O–H groups in total. The van der Waals surface area contributed by atoms with Crippen LogP contribution in [0, 0.1) is 10.8 Å². The van der Waals surface area contributed by atoms with Crippen LogP contribution in [0.5, 0.6) is 0 Å². The van der Waals surface area contributed by atoms with Gasteiger partial charge in [0, 0.05) is 42.1 Å². The molecule has 5 heterocycles. The average molecular weight is 905 g/mol. The van der Waals surface area contributed by atoms with Crippen molar-refractivity contribution in [1.82, 2.24) is 20.4 Å². The summed E-state index contributed by atoms with van der Waals surface area (Å²) < 4.78 is 51.9. The van der Waals surface area contributed by atoms with Crippen LogP contribution >= 0.6 is 0 Å². The highest BCUT2D eigenvalue weighted by atomic mass is 32.2. The number of benzene rings is 2. The summed E-state index contributed by atoms with van der Waals surface area (Å²) in [4.78, 5) is 78.7.